The number of hydrogen-bond acceptors (Lipinski definition) is 5. The standard InChI is InChI=1S/C27H49N3O3/c1-3-5-18-28-19-11-9-12-20-29-22-23-33-26-17-14-16-25(24-26)15-10-7-6-8-13-21-30-27(31)32-4-2/h14,16-17,24,28-29H,3-13,15,18-23H2,1-2H3,(H,30,31). The number of amides is 1. The molecule has 0 aliphatic heterocycles. The number of carbonyl (C=O) groups is 1. The van der Waals surface area contributed by atoms with Gasteiger partial charge in [0.2, 0.25) is 0 Å². The SMILES string of the molecule is CCCCNCCCCCNCCOc1cccc(CCCCCCCNC(=O)OCC)c1. The molecule has 0 aromatic heterocycles. The lowest BCUT2D eigenvalue weighted by Gasteiger charge is -2.09. The van der Waals surface area contributed by atoms with Gasteiger partial charge in [-0.2, -0.15) is 0 Å². The predicted molar refractivity (Wildman–Crippen MR) is 138 cm³/mol. The maximum absolute atomic E-state index is 11.2. The van der Waals surface area contributed by atoms with Crippen LogP contribution < -0.4 is 20.7 Å². The summed E-state index contributed by atoms with van der Waals surface area (Å²) in [4.78, 5) is 11.2. The summed E-state index contributed by atoms with van der Waals surface area (Å²) in [6, 6.07) is 8.50. The van der Waals surface area contributed by atoms with Crippen molar-refractivity contribution in [1.29, 1.82) is 0 Å². The largest absolute Gasteiger partial charge is 0.492 e. The quantitative estimate of drug-likeness (QED) is 0.199. The number of hydrogen-bond donors (Lipinski definition) is 3. The minimum Gasteiger partial charge on any atom is -0.492 e. The lowest BCUT2D eigenvalue weighted by atomic mass is 10.1. The van der Waals surface area contributed by atoms with E-state index in [2.05, 4.69) is 41.1 Å². The fourth-order valence-electron chi connectivity index (χ4n) is 3.62. The van der Waals surface area contributed by atoms with E-state index in [-0.39, 0.29) is 6.09 Å². The first-order valence-corrected chi connectivity index (χ1v) is 13.3. The predicted octanol–water partition coefficient (Wildman–Crippen LogP) is 5.45. The molecule has 0 heterocycles. The van der Waals surface area contributed by atoms with Crippen LogP contribution in [0.4, 0.5) is 4.79 Å². The van der Waals surface area contributed by atoms with Crippen LogP contribution in [0.3, 0.4) is 0 Å². The molecule has 6 heteroatoms. The van der Waals surface area contributed by atoms with E-state index >= 15 is 0 Å². The van der Waals surface area contributed by atoms with Crippen LogP contribution >= 0.6 is 0 Å². The Bertz CT molecular complexity index is 583. The molecule has 0 unspecified atom stereocenters. The van der Waals surface area contributed by atoms with Crippen molar-refractivity contribution in [3.8, 4) is 5.75 Å². The van der Waals surface area contributed by atoms with Gasteiger partial charge in [-0.1, -0.05) is 51.2 Å². The zero-order valence-corrected chi connectivity index (χ0v) is 21.3. The minimum absolute atomic E-state index is 0.309. The molecule has 1 amide bonds. The fraction of sp³-hybridized carbons (Fsp3) is 0.741. The second-order valence-corrected chi connectivity index (χ2v) is 8.58. The third kappa shape index (κ3) is 18.3. The average Bonchev–Trinajstić information content (AvgIpc) is 2.82. The highest BCUT2D eigenvalue weighted by atomic mass is 16.5. The molecular formula is C27H49N3O3. The minimum atomic E-state index is -0.309. The van der Waals surface area contributed by atoms with Gasteiger partial charge in [0.25, 0.3) is 0 Å². The van der Waals surface area contributed by atoms with Gasteiger partial charge in [-0.25, -0.2) is 4.79 Å². The molecule has 0 fully saturated rings. The van der Waals surface area contributed by atoms with Crippen molar-refractivity contribution in [2.24, 2.45) is 0 Å². The van der Waals surface area contributed by atoms with Crippen LogP contribution in [-0.2, 0) is 11.2 Å². The first-order valence-electron chi connectivity index (χ1n) is 13.3. The monoisotopic (exact) mass is 463 g/mol. The Kier molecular flexibility index (Phi) is 19.5. The average molecular weight is 464 g/mol. The molecule has 0 atom stereocenters. The summed E-state index contributed by atoms with van der Waals surface area (Å²) in [6.07, 6.45) is 12.8. The summed E-state index contributed by atoms with van der Waals surface area (Å²) >= 11 is 0. The van der Waals surface area contributed by atoms with Gasteiger partial charge in [0.1, 0.15) is 12.4 Å². The number of unbranched alkanes of at least 4 members (excludes halogenated alkanes) is 7. The zero-order chi connectivity index (χ0) is 23.8. The summed E-state index contributed by atoms with van der Waals surface area (Å²) in [7, 11) is 0. The van der Waals surface area contributed by atoms with Crippen LogP contribution in [0.5, 0.6) is 5.75 Å². The Morgan fingerprint density at radius 1 is 0.788 bits per heavy atom. The molecule has 0 radical (unpaired) electrons. The maximum Gasteiger partial charge on any atom is 0.407 e. The second-order valence-electron chi connectivity index (χ2n) is 8.58. The van der Waals surface area contributed by atoms with Crippen molar-refractivity contribution >= 4 is 6.09 Å². The second kappa shape index (κ2) is 22.0. The van der Waals surface area contributed by atoms with Crippen LogP contribution in [-0.4, -0.2) is 52.0 Å². The summed E-state index contributed by atoms with van der Waals surface area (Å²) < 4.78 is 10.8. The zero-order valence-electron chi connectivity index (χ0n) is 21.3. The number of rotatable bonds is 22. The Morgan fingerprint density at radius 3 is 2.24 bits per heavy atom. The first kappa shape index (κ1) is 29.2. The Hall–Kier alpha value is -1.79. The van der Waals surface area contributed by atoms with Crippen molar-refractivity contribution in [1.82, 2.24) is 16.0 Å². The Balaban J connectivity index is 1.96. The van der Waals surface area contributed by atoms with Crippen LogP contribution in [0, 0.1) is 0 Å². The summed E-state index contributed by atoms with van der Waals surface area (Å²) in [6.45, 7) is 10.1. The topological polar surface area (TPSA) is 71.6 Å². The number of carbonyl (C=O) groups excluding carboxylic acids is 1. The smallest absolute Gasteiger partial charge is 0.407 e. The van der Waals surface area contributed by atoms with Crippen LogP contribution in [0.25, 0.3) is 0 Å². The molecular weight excluding hydrogens is 414 g/mol. The maximum atomic E-state index is 11.2. The molecule has 33 heavy (non-hydrogen) atoms. The highest BCUT2D eigenvalue weighted by Crippen LogP contribution is 2.16. The molecule has 0 aliphatic rings. The van der Waals surface area contributed by atoms with Gasteiger partial charge in [-0.15, -0.1) is 0 Å². The van der Waals surface area contributed by atoms with Crippen molar-refractivity contribution in [2.75, 3.05) is 45.9 Å². The van der Waals surface area contributed by atoms with E-state index in [0.29, 0.717) is 19.8 Å². The van der Waals surface area contributed by atoms with E-state index in [1.165, 1.54) is 56.9 Å². The van der Waals surface area contributed by atoms with Crippen LogP contribution in [0.1, 0.15) is 83.6 Å². The van der Waals surface area contributed by atoms with Gasteiger partial charge in [0.15, 0.2) is 0 Å². The molecule has 1 rings (SSSR count). The third-order valence-electron chi connectivity index (χ3n) is 5.55. The van der Waals surface area contributed by atoms with E-state index in [4.69, 9.17) is 9.47 Å². The normalized spacial score (nSPS) is 10.8. The van der Waals surface area contributed by atoms with Crippen LogP contribution in [0.15, 0.2) is 24.3 Å². The number of aryl methyl sites for hydroxylation is 1. The highest BCUT2D eigenvalue weighted by Gasteiger charge is 2.00. The van der Waals surface area contributed by atoms with Gasteiger partial charge in [-0.3, -0.25) is 0 Å². The van der Waals surface area contributed by atoms with Gasteiger partial charge in [0, 0.05) is 13.1 Å². The Morgan fingerprint density at radius 2 is 1.45 bits per heavy atom. The molecule has 6 nitrogen and oxygen atoms in total. The van der Waals surface area contributed by atoms with Crippen molar-refractivity contribution in [2.45, 2.75) is 84.5 Å². The van der Waals surface area contributed by atoms with Gasteiger partial charge < -0.3 is 25.4 Å². The molecule has 1 aromatic rings. The van der Waals surface area contributed by atoms with Gasteiger partial charge in [-0.05, 0) is 82.8 Å². The van der Waals surface area contributed by atoms with E-state index in [0.717, 1.165) is 51.2 Å². The van der Waals surface area contributed by atoms with Gasteiger partial charge in [0.05, 0.1) is 6.61 Å². The van der Waals surface area contributed by atoms with E-state index in [1.807, 2.05) is 13.0 Å². The fourth-order valence-corrected chi connectivity index (χ4v) is 3.62. The number of alkyl carbamates (subject to hydrolysis) is 1. The summed E-state index contributed by atoms with van der Waals surface area (Å²) in [5, 5.41) is 9.75. The Labute approximate surface area is 202 Å². The van der Waals surface area contributed by atoms with E-state index in [9.17, 15) is 4.79 Å². The molecule has 190 valence electrons. The number of ether oxygens (including phenoxy) is 2. The van der Waals surface area contributed by atoms with Crippen molar-refractivity contribution in [3.05, 3.63) is 29.8 Å². The van der Waals surface area contributed by atoms with E-state index < -0.39 is 0 Å². The third-order valence-corrected chi connectivity index (χ3v) is 5.55. The highest BCUT2D eigenvalue weighted by molar-refractivity contribution is 5.66. The number of nitrogens with one attached hydrogen (secondary N) is 3. The van der Waals surface area contributed by atoms with E-state index in [1.54, 1.807) is 0 Å². The molecule has 0 saturated heterocycles. The lowest BCUT2D eigenvalue weighted by molar-refractivity contribution is 0.152. The van der Waals surface area contributed by atoms with Crippen molar-refractivity contribution < 1.29 is 14.3 Å². The molecule has 1 aromatic carbocycles. The summed E-state index contributed by atoms with van der Waals surface area (Å²) in [5.74, 6) is 0.970. The van der Waals surface area contributed by atoms with Crippen LogP contribution in [0.2, 0.25) is 0 Å². The number of benzene rings is 1. The van der Waals surface area contributed by atoms with Gasteiger partial charge >= 0.3 is 6.09 Å². The molecule has 0 aliphatic carbocycles. The summed E-state index contributed by atoms with van der Waals surface area (Å²) in [5.41, 5.74) is 1.34. The lowest BCUT2D eigenvalue weighted by Crippen LogP contribution is -2.25. The molecule has 0 saturated carbocycles. The first-order chi connectivity index (χ1) is 16.3. The molecule has 0 bridgehead atoms. The molecule has 3 N–H and O–H groups in total. The van der Waals surface area contributed by atoms with Crippen molar-refractivity contribution in [3.63, 3.8) is 0 Å². The molecule has 0 spiro atoms.